The van der Waals surface area contributed by atoms with Gasteiger partial charge in [0, 0.05) is 16.6 Å². The molecule has 1 N–H and O–H groups in total. The number of fused-ring (bicyclic) bond motifs is 1. The van der Waals surface area contributed by atoms with Crippen LogP contribution in [-0.2, 0) is 20.0 Å². The number of hydrogen-bond donors (Lipinski definition) is 1. The van der Waals surface area contributed by atoms with E-state index in [1.165, 1.54) is 6.07 Å². The van der Waals surface area contributed by atoms with E-state index in [1.54, 1.807) is 32.9 Å². The predicted molar refractivity (Wildman–Crippen MR) is 96.2 cm³/mol. The van der Waals surface area contributed by atoms with Crippen LogP contribution in [0.5, 0.6) is 0 Å². The number of benzene rings is 1. The largest absolute Gasteiger partial charge is 0.461 e. The number of carbonyl (C=O) groups is 1. The van der Waals surface area contributed by atoms with E-state index in [9.17, 15) is 18.0 Å². The lowest BCUT2D eigenvalue weighted by molar-refractivity contribution is -0.148. The van der Waals surface area contributed by atoms with Gasteiger partial charge in [-0.2, -0.15) is 13.2 Å². The first-order chi connectivity index (χ1) is 13.1. The normalized spacial score (nSPS) is 16.4. The molecule has 152 valence electrons. The Labute approximate surface area is 160 Å². The Kier molecular flexibility index (Phi) is 5.49. The van der Waals surface area contributed by atoms with Crippen molar-refractivity contribution >= 4 is 22.6 Å². The minimum Gasteiger partial charge on any atom is -0.461 e. The molecule has 2 aromatic rings. The van der Waals surface area contributed by atoms with E-state index in [0.717, 1.165) is 0 Å². The van der Waals surface area contributed by atoms with Gasteiger partial charge in [0.15, 0.2) is 5.79 Å². The summed E-state index contributed by atoms with van der Waals surface area (Å²) in [6.45, 7) is 4.83. The van der Waals surface area contributed by atoms with Gasteiger partial charge in [-0.1, -0.05) is 0 Å². The fourth-order valence-electron chi connectivity index (χ4n) is 3.12. The second kappa shape index (κ2) is 7.56. The molecular formula is C19H21F3N2O4. The van der Waals surface area contributed by atoms with Gasteiger partial charge in [-0.15, -0.1) is 0 Å². The number of nitrogens with one attached hydrogen (secondary N) is 1. The lowest BCUT2D eigenvalue weighted by atomic mass is 9.98. The van der Waals surface area contributed by atoms with E-state index in [-0.39, 0.29) is 18.0 Å². The first kappa shape index (κ1) is 20.3. The van der Waals surface area contributed by atoms with Gasteiger partial charge in [-0.3, -0.25) is 0 Å². The maximum Gasteiger partial charge on any atom is 0.405 e. The molecule has 0 bridgehead atoms. The van der Waals surface area contributed by atoms with Crippen LogP contribution in [0, 0.1) is 6.92 Å². The Bertz CT molecular complexity index is 893. The zero-order valence-electron chi connectivity index (χ0n) is 15.8. The van der Waals surface area contributed by atoms with Gasteiger partial charge < -0.3 is 19.5 Å². The van der Waals surface area contributed by atoms with E-state index < -0.39 is 24.5 Å². The number of esters is 1. The average molecular weight is 398 g/mol. The maximum absolute atomic E-state index is 12.7. The van der Waals surface area contributed by atoms with E-state index in [1.807, 2.05) is 0 Å². The molecule has 0 saturated carbocycles. The van der Waals surface area contributed by atoms with Crippen molar-refractivity contribution < 1.29 is 32.2 Å². The van der Waals surface area contributed by atoms with Crippen LogP contribution in [0.15, 0.2) is 18.2 Å². The highest BCUT2D eigenvalue weighted by molar-refractivity contribution is 5.95. The Hall–Kier alpha value is -2.39. The molecule has 28 heavy (non-hydrogen) atoms. The number of halogens is 3. The smallest absolute Gasteiger partial charge is 0.405 e. The maximum atomic E-state index is 12.7. The highest BCUT2D eigenvalue weighted by atomic mass is 19.4. The summed E-state index contributed by atoms with van der Waals surface area (Å²) in [6, 6.07) is 4.64. The number of rotatable bonds is 5. The Balaban J connectivity index is 2.16. The molecule has 0 aliphatic carbocycles. The van der Waals surface area contributed by atoms with Crippen molar-refractivity contribution in [3.8, 4) is 0 Å². The van der Waals surface area contributed by atoms with Gasteiger partial charge in [0.1, 0.15) is 12.2 Å². The molecule has 0 unspecified atom stereocenters. The van der Waals surface area contributed by atoms with Crippen LogP contribution < -0.4 is 5.32 Å². The third-order valence-corrected chi connectivity index (χ3v) is 4.43. The molecule has 1 aliphatic rings. The molecule has 1 aliphatic heterocycles. The molecule has 1 fully saturated rings. The molecule has 3 rings (SSSR count). The third kappa shape index (κ3) is 4.20. The number of pyridine rings is 1. The molecular weight excluding hydrogens is 377 g/mol. The van der Waals surface area contributed by atoms with Crippen LogP contribution in [0.3, 0.4) is 0 Å². The molecule has 9 heteroatoms. The fraction of sp³-hybridized carbons (Fsp3) is 0.474. The van der Waals surface area contributed by atoms with Gasteiger partial charge in [0.2, 0.25) is 0 Å². The Morgan fingerprint density at radius 3 is 2.57 bits per heavy atom. The molecule has 6 nitrogen and oxygen atoms in total. The van der Waals surface area contributed by atoms with Crippen molar-refractivity contribution in [3.63, 3.8) is 0 Å². The Morgan fingerprint density at radius 2 is 1.96 bits per heavy atom. The van der Waals surface area contributed by atoms with Gasteiger partial charge in [-0.25, -0.2) is 9.78 Å². The summed E-state index contributed by atoms with van der Waals surface area (Å²) in [5.74, 6) is -1.75. The van der Waals surface area contributed by atoms with Crippen molar-refractivity contribution in [2.75, 3.05) is 31.7 Å². The number of ether oxygens (including phenoxy) is 3. The highest BCUT2D eigenvalue weighted by Crippen LogP contribution is 2.38. The lowest BCUT2D eigenvalue weighted by Crippen LogP contribution is -2.25. The van der Waals surface area contributed by atoms with Crippen molar-refractivity contribution in [1.82, 2.24) is 4.98 Å². The monoisotopic (exact) mass is 398 g/mol. The number of nitrogens with zero attached hydrogens (tertiary/aromatic N) is 1. The summed E-state index contributed by atoms with van der Waals surface area (Å²) in [6.07, 6.45) is -4.36. The molecule has 2 heterocycles. The van der Waals surface area contributed by atoms with E-state index >= 15 is 0 Å². The summed E-state index contributed by atoms with van der Waals surface area (Å²) in [5.41, 5.74) is 1.91. The lowest BCUT2D eigenvalue weighted by Gasteiger charge is -2.25. The van der Waals surface area contributed by atoms with Crippen LogP contribution in [0.4, 0.5) is 18.9 Å². The first-order valence-electron chi connectivity index (χ1n) is 8.84. The molecule has 0 spiro atoms. The number of aromatic nitrogens is 1. The van der Waals surface area contributed by atoms with Gasteiger partial charge in [-0.05, 0) is 44.5 Å². The van der Waals surface area contributed by atoms with E-state index in [0.29, 0.717) is 35.2 Å². The molecule has 0 radical (unpaired) electrons. The highest BCUT2D eigenvalue weighted by Gasteiger charge is 2.36. The summed E-state index contributed by atoms with van der Waals surface area (Å²) in [7, 11) is 0. The van der Waals surface area contributed by atoms with Crippen LogP contribution >= 0.6 is 0 Å². The average Bonchev–Trinajstić information content (AvgIpc) is 3.07. The zero-order chi connectivity index (χ0) is 20.5. The number of aryl methyl sites for hydroxylation is 1. The van der Waals surface area contributed by atoms with Gasteiger partial charge in [0.05, 0.1) is 25.3 Å². The molecule has 0 atom stereocenters. The zero-order valence-corrected chi connectivity index (χ0v) is 15.8. The molecule has 1 saturated heterocycles. The predicted octanol–water partition coefficient (Wildman–Crippen LogP) is 3.91. The second-order valence-corrected chi connectivity index (χ2v) is 6.58. The van der Waals surface area contributed by atoms with Crippen molar-refractivity contribution in [2.45, 2.75) is 32.7 Å². The van der Waals surface area contributed by atoms with Crippen molar-refractivity contribution in [2.24, 2.45) is 0 Å². The third-order valence-electron chi connectivity index (χ3n) is 4.43. The SMILES string of the molecule is CCOC(=O)c1cc(C)c2cc(NCC(F)(F)F)cc(C3(C)OCCO3)c2n1. The van der Waals surface area contributed by atoms with Gasteiger partial charge in [0.25, 0.3) is 0 Å². The standard InChI is InChI=1S/C19H21F3N2O4/c1-4-26-17(25)15-7-11(2)13-8-12(23-10-19(20,21)22)9-14(16(13)24-15)18(3)27-5-6-28-18/h7-9,23H,4-6,10H2,1-3H3. The molecule has 1 aromatic carbocycles. The number of alkyl halides is 3. The topological polar surface area (TPSA) is 69.7 Å². The Morgan fingerprint density at radius 1 is 1.29 bits per heavy atom. The van der Waals surface area contributed by atoms with Gasteiger partial charge >= 0.3 is 12.1 Å². The van der Waals surface area contributed by atoms with Crippen molar-refractivity contribution in [1.29, 1.82) is 0 Å². The minimum atomic E-state index is -4.36. The number of carbonyl (C=O) groups excluding carboxylic acids is 1. The number of hydrogen-bond acceptors (Lipinski definition) is 6. The fourth-order valence-corrected chi connectivity index (χ4v) is 3.12. The summed E-state index contributed by atoms with van der Waals surface area (Å²) in [4.78, 5) is 16.6. The van der Waals surface area contributed by atoms with E-state index in [4.69, 9.17) is 14.2 Å². The van der Waals surface area contributed by atoms with Crippen molar-refractivity contribution in [3.05, 3.63) is 35.0 Å². The van der Waals surface area contributed by atoms with Crippen LogP contribution in [0.2, 0.25) is 0 Å². The number of anilines is 1. The van der Waals surface area contributed by atoms with Crippen LogP contribution in [-0.4, -0.2) is 43.5 Å². The first-order valence-corrected chi connectivity index (χ1v) is 8.84. The molecule has 1 aromatic heterocycles. The minimum absolute atomic E-state index is 0.116. The second-order valence-electron chi connectivity index (χ2n) is 6.58. The van der Waals surface area contributed by atoms with Crippen LogP contribution in [0.25, 0.3) is 10.9 Å². The molecule has 0 amide bonds. The summed E-state index contributed by atoms with van der Waals surface area (Å²) in [5, 5.41) is 2.98. The summed E-state index contributed by atoms with van der Waals surface area (Å²) >= 11 is 0. The summed E-state index contributed by atoms with van der Waals surface area (Å²) < 4.78 is 54.4. The quantitative estimate of drug-likeness (QED) is 0.770. The van der Waals surface area contributed by atoms with Crippen LogP contribution in [0.1, 0.15) is 35.5 Å². The van der Waals surface area contributed by atoms with E-state index in [2.05, 4.69) is 10.3 Å².